The molecule has 8 rings (SSSR count). The summed E-state index contributed by atoms with van der Waals surface area (Å²) in [5, 5.41) is 14.7. The smallest absolute Gasteiger partial charge is 0.0746 e. The Morgan fingerprint density at radius 3 is 1.68 bits per heavy atom. The van der Waals surface area contributed by atoms with E-state index in [1.54, 1.807) is 0 Å². The molecule has 0 saturated heterocycles. The first-order valence-electron chi connectivity index (χ1n) is 12.6. The number of fused-ring (bicyclic) bond motifs is 5. The van der Waals surface area contributed by atoms with E-state index in [9.17, 15) is 0 Å². The molecule has 2 aromatic heterocycles. The Bertz CT molecular complexity index is 2090. The highest BCUT2D eigenvalue weighted by Gasteiger charge is 2.19. The minimum atomic E-state index is 1.12. The summed E-state index contributed by atoms with van der Waals surface area (Å²) in [6, 6.07) is 43.8. The molecule has 2 nitrogen and oxygen atoms in total. The average molecular weight is 471 g/mol. The third kappa shape index (κ3) is 3.03. The van der Waals surface area contributed by atoms with Crippen LogP contribution in [0.1, 0.15) is 0 Å². The molecule has 0 amide bonds. The van der Waals surface area contributed by atoms with Gasteiger partial charge in [0.05, 0.1) is 11.7 Å². The summed E-state index contributed by atoms with van der Waals surface area (Å²) in [4.78, 5) is 0. The molecule has 0 spiro atoms. The molecular formula is C35H22N2. The van der Waals surface area contributed by atoms with Crippen molar-refractivity contribution >= 4 is 48.6 Å². The van der Waals surface area contributed by atoms with Crippen LogP contribution in [-0.4, -0.2) is 9.61 Å². The Hall–Kier alpha value is -4.95. The predicted octanol–water partition coefficient (Wildman–Crippen LogP) is 9.28. The van der Waals surface area contributed by atoms with Crippen LogP contribution in [0.3, 0.4) is 0 Å². The Kier molecular flexibility index (Phi) is 4.26. The summed E-state index contributed by atoms with van der Waals surface area (Å²) in [6.45, 7) is 0. The van der Waals surface area contributed by atoms with Crippen LogP contribution in [0.5, 0.6) is 0 Å². The van der Waals surface area contributed by atoms with Gasteiger partial charge >= 0.3 is 0 Å². The van der Waals surface area contributed by atoms with Gasteiger partial charge in [-0.05, 0) is 61.0 Å². The fraction of sp³-hybridized carbons (Fsp3) is 0. The van der Waals surface area contributed by atoms with E-state index in [0.717, 1.165) is 11.1 Å². The fourth-order valence-electron chi connectivity index (χ4n) is 5.92. The normalized spacial score (nSPS) is 11.8. The lowest BCUT2D eigenvalue weighted by atomic mass is 9.86. The van der Waals surface area contributed by atoms with Gasteiger partial charge in [0, 0.05) is 22.7 Å². The van der Waals surface area contributed by atoms with E-state index >= 15 is 0 Å². The van der Waals surface area contributed by atoms with E-state index in [0.29, 0.717) is 0 Å². The van der Waals surface area contributed by atoms with Gasteiger partial charge in [-0.3, -0.25) is 0 Å². The van der Waals surface area contributed by atoms with Gasteiger partial charge in [0.2, 0.25) is 0 Å². The number of pyridine rings is 1. The second-order valence-corrected chi connectivity index (χ2v) is 9.69. The van der Waals surface area contributed by atoms with Crippen molar-refractivity contribution in [1.82, 2.24) is 9.61 Å². The molecule has 8 aromatic rings. The third-order valence-electron chi connectivity index (χ3n) is 7.62. The lowest BCUT2D eigenvalue weighted by molar-refractivity contribution is 0.970. The van der Waals surface area contributed by atoms with Crippen LogP contribution in [0.2, 0.25) is 0 Å². The Morgan fingerprint density at radius 1 is 0.459 bits per heavy atom. The molecular weight excluding hydrogens is 448 g/mol. The van der Waals surface area contributed by atoms with Crippen molar-refractivity contribution < 1.29 is 0 Å². The van der Waals surface area contributed by atoms with Crippen LogP contribution in [0.4, 0.5) is 0 Å². The van der Waals surface area contributed by atoms with E-state index in [4.69, 9.17) is 5.10 Å². The number of nitrogens with zero attached hydrogens (tertiary/aromatic N) is 2. The van der Waals surface area contributed by atoms with Gasteiger partial charge in [-0.25, -0.2) is 4.52 Å². The molecule has 37 heavy (non-hydrogen) atoms. The molecule has 6 aromatic carbocycles. The maximum Gasteiger partial charge on any atom is 0.0746 e. The highest BCUT2D eigenvalue weighted by atomic mass is 15.2. The first-order valence-corrected chi connectivity index (χ1v) is 12.6. The van der Waals surface area contributed by atoms with Crippen LogP contribution >= 0.6 is 0 Å². The molecule has 0 aliphatic heterocycles. The molecule has 0 atom stereocenters. The van der Waals surface area contributed by atoms with Crippen LogP contribution in [0.25, 0.3) is 70.9 Å². The Labute approximate surface area is 214 Å². The molecule has 0 saturated carbocycles. The Morgan fingerprint density at radius 2 is 1.00 bits per heavy atom. The first kappa shape index (κ1) is 20.3. The van der Waals surface area contributed by atoms with E-state index in [-0.39, 0.29) is 0 Å². The quantitative estimate of drug-likeness (QED) is 0.230. The van der Waals surface area contributed by atoms with Crippen molar-refractivity contribution in [2.75, 3.05) is 0 Å². The lowest BCUT2D eigenvalue weighted by Crippen LogP contribution is -1.91. The molecule has 0 N–H and O–H groups in total. The molecule has 0 fully saturated rings. The largest absolute Gasteiger partial charge is 0.240 e. The molecule has 0 aliphatic carbocycles. The summed E-state index contributed by atoms with van der Waals surface area (Å²) in [7, 11) is 0. The van der Waals surface area contributed by atoms with Gasteiger partial charge in [0.1, 0.15) is 0 Å². The number of benzene rings is 6. The number of hydrogen-bond donors (Lipinski definition) is 0. The van der Waals surface area contributed by atoms with Crippen LogP contribution in [0, 0.1) is 0 Å². The molecule has 172 valence electrons. The second-order valence-electron chi connectivity index (χ2n) is 9.69. The standard InChI is InChI=1S/C35H22N2/c1-2-10-24-19-26(18-17-23(24)9-1)34-28-13-5-7-15-30(28)35(31-16-8-6-14-29(31)34)32-21-36-37-22-27-12-4-3-11-25(27)20-33(32)37/h1-22H. The molecule has 2 heteroatoms. The maximum atomic E-state index is 4.79. The van der Waals surface area contributed by atoms with Gasteiger partial charge in [0.25, 0.3) is 0 Å². The number of hydrogen-bond acceptors (Lipinski definition) is 1. The maximum absolute atomic E-state index is 4.79. The van der Waals surface area contributed by atoms with Crippen molar-refractivity contribution in [1.29, 1.82) is 0 Å². The van der Waals surface area contributed by atoms with Gasteiger partial charge < -0.3 is 0 Å². The summed E-state index contributed by atoms with van der Waals surface area (Å²) in [5.74, 6) is 0. The van der Waals surface area contributed by atoms with Crippen molar-refractivity contribution in [3.8, 4) is 22.3 Å². The fourth-order valence-corrected chi connectivity index (χ4v) is 5.92. The topological polar surface area (TPSA) is 17.3 Å². The van der Waals surface area contributed by atoms with E-state index in [1.807, 2.05) is 10.7 Å². The molecule has 2 heterocycles. The lowest BCUT2D eigenvalue weighted by Gasteiger charge is -2.17. The average Bonchev–Trinajstić information content (AvgIpc) is 3.36. The second kappa shape index (κ2) is 7.78. The molecule has 0 bridgehead atoms. The zero-order valence-electron chi connectivity index (χ0n) is 20.1. The summed E-state index contributed by atoms with van der Waals surface area (Å²) >= 11 is 0. The van der Waals surface area contributed by atoms with Crippen LogP contribution in [-0.2, 0) is 0 Å². The SMILES string of the molecule is c1ccc2cc(-c3c4ccccc4c(-c4cnn5cc6ccccc6cc45)c4ccccc34)ccc2c1. The molecule has 0 aliphatic rings. The zero-order valence-corrected chi connectivity index (χ0v) is 20.1. The van der Waals surface area contributed by atoms with E-state index in [1.165, 1.54) is 59.8 Å². The summed E-state index contributed by atoms with van der Waals surface area (Å²) < 4.78 is 2.01. The van der Waals surface area contributed by atoms with Crippen molar-refractivity contribution in [3.05, 3.63) is 134 Å². The van der Waals surface area contributed by atoms with Gasteiger partial charge in [-0.2, -0.15) is 5.10 Å². The first-order chi connectivity index (χ1) is 18.3. The summed E-state index contributed by atoms with van der Waals surface area (Å²) in [5.41, 5.74) is 6.03. The third-order valence-corrected chi connectivity index (χ3v) is 7.62. The predicted molar refractivity (Wildman–Crippen MR) is 156 cm³/mol. The highest BCUT2D eigenvalue weighted by Crippen LogP contribution is 2.45. The number of aromatic nitrogens is 2. The van der Waals surface area contributed by atoms with Crippen LogP contribution < -0.4 is 0 Å². The highest BCUT2D eigenvalue weighted by molar-refractivity contribution is 6.22. The van der Waals surface area contributed by atoms with Crippen molar-refractivity contribution in [2.24, 2.45) is 0 Å². The molecule has 0 unspecified atom stereocenters. The zero-order chi connectivity index (χ0) is 24.3. The van der Waals surface area contributed by atoms with Crippen LogP contribution in [0.15, 0.2) is 134 Å². The monoisotopic (exact) mass is 470 g/mol. The van der Waals surface area contributed by atoms with Crippen molar-refractivity contribution in [2.45, 2.75) is 0 Å². The minimum absolute atomic E-state index is 1.12. The van der Waals surface area contributed by atoms with E-state index in [2.05, 4.69) is 128 Å². The molecule has 0 radical (unpaired) electrons. The van der Waals surface area contributed by atoms with E-state index < -0.39 is 0 Å². The van der Waals surface area contributed by atoms with Gasteiger partial charge in [-0.15, -0.1) is 0 Å². The van der Waals surface area contributed by atoms with Gasteiger partial charge in [0.15, 0.2) is 0 Å². The summed E-state index contributed by atoms with van der Waals surface area (Å²) in [6.07, 6.45) is 4.15. The number of rotatable bonds is 2. The van der Waals surface area contributed by atoms with Gasteiger partial charge in [-0.1, -0.05) is 109 Å². The van der Waals surface area contributed by atoms with Crippen molar-refractivity contribution in [3.63, 3.8) is 0 Å². The minimum Gasteiger partial charge on any atom is -0.240 e. The Balaban J connectivity index is 1.50.